The highest BCUT2D eigenvalue weighted by Gasteiger charge is 2.44. The molecule has 0 unspecified atom stereocenters. The first-order valence-electron chi connectivity index (χ1n) is 6.32. The summed E-state index contributed by atoms with van der Waals surface area (Å²) in [7, 11) is 0. The molecular weight excluding hydrogens is 276 g/mol. The molecule has 1 aliphatic rings. The molecule has 0 bridgehead atoms. The average Bonchev–Trinajstić information content (AvgIpc) is 3.27. The lowest BCUT2D eigenvalue weighted by Crippen LogP contribution is -2.31. The Morgan fingerprint density at radius 1 is 1.30 bits per heavy atom. The summed E-state index contributed by atoms with van der Waals surface area (Å²) in [6.45, 7) is 0. The second kappa shape index (κ2) is 5.46. The van der Waals surface area contributed by atoms with E-state index in [-0.39, 0.29) is 17.7 Å². The van der Waals surface area contributed by atoms with Gasteiger partial charge in [-0.25, -0.2) is 4.98 Å². The molecule has 0 spiro atoms. The van der Waals surface area contributed by atoms with Gasteiger partial charge >= 0.3 is 0 Å². The van der Waals surface area contributed by atoms with E-state index in [2.05, 4.69) is 20.8 Å². The van der Waals surface area contributed by atoms with Crippen molar-refractivity contribution in [3.63, 3.8) is 0 Å². The molecule has 0 radical (unpaired) electrons. The van der Waals surface area contributed by atoms with E-state index in [0.29, 0.717) is 5.82 Å². The molecule has 1 amide bonds. The fraction of sp³-hybridized carbons (Fsp3) is 0.214. The monoisotopic (exact) mass is 288 g/mol. The van der Waals surface area contributed by atoms with Crippen molar-refractivity contribution in [2.24, 2.45) is 5.92 Å². The van der Waals surface area contributed by atoms with Crippen LogP contribution in [0.5, 0.6) is 0 Å². The Kier molecular flexibility index (Phi) is 3.52. The molecule has 3 rings (SSSR count). The third-order valence-corrected chi connectivity index (χ3v) is 3.65. The Balaban J connectivity index is 1.57. The van der Waals surface area contributed by atoms with Crippen LogP contribution in [-0.4, -0.2) is 15.9 Å². The lowest BCUT2D eigenvalue weighted by Gasteiger charge is -2.07. The number of carbonyl (C=O) groups is 1. The number of anilines is 1. The smallest absolute Gasteiger partial charge is 0.242 e. The van der Waals surface area contributed by atoms with Crippen molar-refractivity contribution < 1.29 is 4.79 Å². The van der Waals surface area contributed by atoms with E-state index in [1.165, 1.54) is 0 Å². The molecule has 1 saturated carbocycles. The minimum atomic E-state index is -0.0550. The highest BCUT2D eigenvalue weighted by molar-refractivity contribution is 6.31. The number of hydrogen-bond donors (Lipinski definition) is 2. The van der Waals surface area contributed by atoms with Crippen LogP contribution in [0.1, 0.15) is 17.9 Å². The normalized spacial score (nSPS) is 20.2. The fourth-order valence-electron chi connectivity index (χ4n) is 2.19. The Hall–Kier alpha value is -2.14. The molecule has 5 nitrogen and oxygen atoms in total. The third-order valence-electron chi connectivity index (χ3n) is 3.31. The van der Waals surface area contributed by atoms with Crippen molar-refractivity contribution >= 4 is 23.3 Å². The van der Waals surface area contributed by atoms with E-state index < -0.39 is 0 Å². The number of nitrogens with zero attached hydrogens (tertiary/aromatic N) is 2. The molecule has 102 valence electrons. The number of carbonyl (C=O) groups excluding carboxylic acids is 1. The minimum Gasteiger partial charge on any atom is -0.281 e. The molecule has 2 atom stereocenters. The summed E-state index contributed by atoms with van der Waals surface area (Å²) in [6, 6.07) is 7.64. The number of hydrogen-bond acceptors (Lipinski definition) is 4. The highest BCUT2D eigenvalue weighted by Crippen LogP contribution is 2.49. The van der Waals surface area contributed by atoms with Gasteiger partial charge in [-0.1, -0.05) is 29.8 Å². The molecule has 1 aromatic heterocycles. The molecule has 0 aliphatic heterocycles. The summed E-state index contributed by atoms with van der Waals surface area (Å²) in [6.07, 6.45) is 5.48. The summed E-state index contributed by atoms with van der Waals surface area (Å²) in [5.41, 5.74) is 6.43. The number of hydrazine groups is 1. The Bertz CT molecular complexity index is 620. The van der Waals surface area contributed by atoms with Gasteiger partial charge in [-0.05, 0) is 24.0 Å². The van der Waals surface area contributed by atoms with E-state index in [0.717, 1.165) is 17.0 Å². The van der Waals surface area contributed by atoms with Gasteiger partial charge in [-0.3, -0.25) is 20.6 Å². The van der Waals surface area contributed by atoms with Crippen LogP contribution in [0.3, 0.4) is 0 Å². The number of rotatable bonds is 4. The average molecular weight is 289 g/mol. The van der Waals surface area contributed by atoms with Gasteiger partial charge in [0.05, 0.1) is 6.20 Å². The van der Waals surface area contributed by atoms with Crippen LogP contribution in [0.25, 0.3) is 0 Å². The van der Waals surface area contributed by atoms with Crippen molar-refractivity contribution in [3.8, 4) is 0 Å². The summed E-state index contributed by atoms with van der Waals surface area (Å²) in [5, 5.41) is 0.717. The van der Waals surface area contributed by atoms with E-state index in [4.69, 9.17) is 11.6 Å². The lowest BCUT2D eigenvalue weighted by molar-refractivity contribution is -0.121. The largest absolute Gasteiger partial charge is 0.281 e. The number of aromatic nitrogens is 2. The van der Waals surface area contributed by atoms with Crippen molar-refractivity contribution in [1.82, 2.24) is 15.4 Å². The SMILES string of the molecule is O=C(NNc1cnccn1)[C@H]1C[C@@H]1c1ccccc1Cl. The maximum absolute atomic E-state index is 12.0. The first-order valence-corrected chi connectivity index (χ1v) is 6.70. The quantitative estimate of drug-likeness (QED) is 0.848. The lowest BCUT2D eigenvalue weighted by atomic mass is 10.1. The van der Waals surface area contributed by atoms with E-state index >= 15 is 0 Å². The molecular formula is C14H13ClN4O. The second-order valence-corrected chi connectivity index (χ2v) is 5.08. The Morgan fingerprint density at radius 3 is 2.90 bits per heavy atom. The second-order valence-electron chi connectivity index (χ2n) is 4.68. The fourth-order valence-corrected chi connectivity index (χ4v) is 2.46. The van der Waals surface area contributed by atoms with Crippen LogP contribution in [0, 0.1) is 5.92 Å². The minimum absolute atomic E-state index is 0.0425. The Morgan fingerprint density at radius 2 is 2.15 bits per heavy atom. The number of nitrogens with one attached hydrogen (secondary N) is 2. The van der Waals surface area contributed by atoms with Crippen molar-refractivity contribution in [2.75, 3.05) is 5.43 Å². The van der Waals surface area contributed by atoms with Gasteiger partial charge in [-0.15, -0.1) is 0 Å². The van der Waals surface area contributed by atoms with Crippen molar-refractivity contribution in [1.29, 1.82) is 0 Å². The van der Waals surface area contributed by atoms with Gasteiger partial charge in [-0.2, -0.15) is 0 Å². The maximum atomic E-state index is 12.0. The molecule has 0 saturated heterocycles. The molecule has 1 heterocycles. The summed E-state index contributed by atoms with van der Waals surface area (Å²) < 4.78 is 0. The van der Waals surface area contributed by atoms with E-state index in [9.17, 15) is 4.79 Å². The van der Waals surface area contributed by atoms with Gasteiger partial charge in [0.1, 0.15) is 0 Å². The third kappa shape index (κ3) is 2.72. The van der Waals surface area contributed by atoms with Crippen LogP contribution < -0.4 is 10.9 Å². The van der Waals surface area contributed by atoms with Crippen LogP contribution >= 0.6 is 11.6 Å². The van der Waals surface area contributed by atoms with Gasteiger partial charge in [0.15, 0.2) is 5.82 Å². The van der Waals surface area contributed by atoms with Gasteiger partial charge in [0, 0.05) is 23.3 Å². The van der Waals surface area contributed by atoms with Crippen molar-refractivity contribution in [2.45, 2.75) is 12.3 Å². The standard InChI is InChI=1S/C14H13ClN4O/c15-12-4-2-1-3-9(12)10-7-11(10)14(20)19-18-13-8-16-5-6-17-13/h1-6,8,10-11H,7H2,(H,17,18)(H,19,20)/t10-,11+/m1/s1. The predicted octanol–water partition coefficient (Wildman–Crippen LogP) is 2.38. The van der Waals surface area contributed by atoms with E-state index in [1.54, 1.807) is 18.6 Å². The van der Waals surface area contributed by atoms with Crippen LogP contribution in [-0.2, 0) is 4.79 Å². The predicted molar refractivity (Wildman–Crippen MR) is 76.1 cm³/mol. The van der Waals surface area contributed by atoms with Gasteiger partial charge < -0.3 is 0 Å². The topological polar surface area (TPSA) is 66.9 Å². The number of benzene rings is 1. The molecule has 1 fully saturated rings. The molecule has 1 aliphatic carbocycles. The first-order chi connectivity index (χ1) is 9.75. The summed E-state index contributed by atoms with van der Waals surface area (Å²) >= 11 is 6.14. The summed E-state index contributed by atoms with van der Waals surface area (Å²) in [5.74, 6) is 0.614. The number of halogens is 1. The van der Waals surface area contributed by atoms with Crippen molar-refractivity contribution in [3.05, 3.63) is 53.4 Å². The molecule has 2 aromatic rings. The van der Waals surface area contributed by atoms with E-state index in [1.807, 2.05) is 24.3 Å². The first kappa shape index (κ1) is 12.9. The highest BCUT2D eigenvalue weighted by atomic mass is 35.5. The maximum Gasteiger partial charge on any atom is 0.242 e. The Labute approximate surface area is 121 Å². The molecule has 1 aromatic carbocycles. The zero-order valence-electron chi connectivity index (χ0n) is 10.6. The van der Waals surface area contributed by atoms with Crippen LogP contribution in [0.2, 0.25) is 5.02 Å². The zero-order chi connectivity index (χ0) is 13.9. The van der Waals surface area contributed by atoms with Crippen LogP contribution in [0.15, 0.2) is 42.9 Å². The molecule has 20 heavy (non-hydrogen) atoms. The molecule has 6 heteroatoms. The zero-order valence-corrected chi connectivity index (χ0v) is 11.3. The summed E-state index contributed by atoms with van der Waals surface area (Å²) in [4.78, 5) is 19.9. The van der Waals surface area contributed by atoms with Crippen LogP contribution in [0.4, 0.5) is 5.82 Å². The van der Waals surface area contributed by atoms with Gasteiger partial charge in [0.2, 0.25) is 5.91 Å². The van der Waals surface area contributed by atoms with Gasteiger partial charge in [0.25, 0.3) is 0 Å². The number of amides is 1. The molecule has 2 N–H and O–H groups in total.